The highest BCUT2D eigenvalue weighted by Crippen LogP contribution is 2.15. The SMILES string of the molecule is COCCCN(C)S(=O)(=O)c1ccc(N)cc1. The lowest BCUT2D eigenvalue weighted by atomic mass is 10.3. The summed E-state index contributed by atoms with van der Waals surface area (Å²) in [5.41, 5.74) is 6.07. The van der Waals surface area contributed by atoms with Crippen molar-refractivity contribution in [3.05, 3.63) is 24.3 Å². The molecule has 6 heteroatoms. The zero-order chi connectivity index (χ0) is 12.9. The number of sulfonamides is 1. The summed E-state index contributed by atoms with van der Waals surface area (Å²) in [6, 6.07) is 6.18. The summed E-state index contributed by atoms with van der Waals surface area (Å²) >= 11 is 0. The number of rotatable bonds is 6. The molecule has 0 aromatic heterocycles. The van der Waals surface area contributed by atoms with Gasteiger partial charge in [-0.25, -0.2) is 12.7 Å². The van der Waals surface area contributed by atoms with Crippen LogP contribution in [0.1, 0.15) is 6.42 Å². The summed E-state index contributed by atoms with van der Waals surface area (Å²) in [6.07, 6.45) is 0.668. The van der Waals surface area contributed by atoms with Crippen molar-refractivity contribution in [1.29, 1.82) is 0 Å². The Morgan fingerprint density at radius 2 is 1.88 bits per heavy atom. The normalized spacial score (nSPS) is 11.9. The Morgan fingerprint density at radius 1 is 1.29 bits per heavy atom. The molecule has 2 N–H and O–H groups in total. The van der Waals surface area contributed by atoms with Gasteiger partial charge in [-0.3, -0.25) is 0 Å². The Bertz CT molecular complexity index is 442. The zero-order valence-corrected chi connectivity index (χ0v) is 10.9. The molecule has 0 aliphatic carbocycles. The average Bonchev–Trinajstić information content (AvgIpc) is 2.29. The predicted molar refractivity (Wildman–Crippen MR) is 67.2 cm³/mol. The molecule has 5 nitrogen and oxygen atoms in total. The second-order valence-corrected chi connectivity index (χ2v) is 5.79. The number of methoxy groups -OCH3 is 1. The van der Waals surface area contributed by atoms with E-state index in [0.29, 0.717) is 25.3 Å². The van der Waals surface area contributed by atoms with Crippen molar-refractivity contribution in [1.82, 2.24) is 4.31 Å². The van der Waals surface area contributed by atoms with Gasteiger partial charge in [-0.2, -0.15) is 0 Å². The molecule has 0 amide bonds. The van der Waals surface area contributed by atoms with Gasteiger partial charge in [0, 0.05) is 33.0 Å². The Morgan fingerprint density at radius 3 is 2.41 bits per heavy atom. The molecule has 0 aliphatic heterocycles. The Labute approximate surface area is 102 Å². The van der Waals surface area contributed by atoms with Crippen LogP contribution < -0.4 is 5.73 Å². The molecule has 0 saturated carbocycles. The maximum atomic E-state index is 12.1. The van der Waals surface area contributed by atoms with Crippen LogP contribution in [-0.2, 0) is 14.8 Å². The van der Waals surface area contributed by atoms with Crippen LogP contribution in [0.3, 0.4) is 0 Å². The van der Waals surface area contributed by atoms with E-state index in [4.69, 9.17) is 10.5 Å². The molecule has 0 bridgehead atoms. The maximum absolute atomic E-state index is 12.1. The average molecular weight is 258 g/mol. The van der Waals surface area contributed by atoms with Crippen LogP contribution in [0.5, 0.6) is 0 Å². The van der Waals surface area contributed by atoms with E-state index in [2.05, 4.69) is 0 Å². The van der Waals surface area contributed by atoms with Gasteiger partial charge in [0.25, 0.3) is 0 Å². The first-order valence-electron chi connectivity index (χ1n) is 5.29. The van der Waals surface area contributed by atoms with E-state index in [1.807, 2.05) is 0 Å². The fraction of sp³-hybridized carbons (Fsp3) is 0.455. The number of benzene rings is 1. The standard InChI is InChI=1S/C11H18N2O3S/c1-13(8-3-9-16-2)17(14,15)11-6-4-10(12)5-7-11/h4-7H,3,8-9,12H2,1-2H3. The van der Waals surface area contributed by atoms with E-state index < -0.39 is 10.0 Å². The van der Waals surface area contributed by atoms with Gasteiger partial charge in [-0.1, -0.05) is 0 Å². The molecule has 96 valence electrons. The first-order valence-corrected chi connectivity index (χ1v) is 6.73. The zero-order valence-electron chi connectivity index (χ0n) is 10.1. The number of nitrogens with zero attached hydrogens (tertiary/aromatic N) is 1. The van der Waals surface area contributed by atoms with Crippen LogP contribution in [0.15, 0.2) is 29.2 Å². The van der Waals surface area contributed by atoms with Crippen molar-refractivity contribution in [2.24, 2.45) is 0 Å². The fourth-order valence-electron chi connectivity index (χ4n) is 1.37. The summed E-state index contributed by atoms with van der Waals surface area (Å²) < 4.78 is 30.4. The third kappa shape index (κ3) is 3.69. The molecule has 1 aromatic carbocycles. The molecule has 0 radical (unpaired) electrons. The van der Waals surface area contributed by atoms with Crippen molar-refractivity contribution in [2.45, 2.75) is 11.3 Å². The van der Waals surface area contributed by atoms with E-state index in [0.717, 1.165) is 0 Å². The van der Waals surface area contributed by atoms with Crippen LogP contribution in [0.4, 0.5) is 5.69 Å². The first kappa shape index (κ1) is 14.0. The number of ether oxygens (including phenoxy) is 1. The highest BCUT2D eigenvalue weighted by molar-refractivity contribution is 7.89. The van der Waals surface area contributed by atoms with E-state index in [1.165, 1.54) is 16.4 Å². The number of nitrogen functional groups attached to an aromatic ring is 1. The maximum Gasteiger partial charge on any atom is 0.242 e. The van der Waals surface area contributed by atoms with Crippen molar-refractivity contribution in [2.75, 3.05) is 33.0 Å². The summed E-state index contributed by atoms with van der Waals surface area (Å²) in [6.45, 7) is 0.974. The molecule has 0 heterocycles. The van der Waals surface area contributed by atoms with Crippen LogP contribution in [0.25, 0.3) is 0 Å². The predicted octanol–water partition coefficient (Wildman–Crippen LogP) is 0.926. The third-order valence-electron chi connectivity index (χ3n) is 2.41. The fourth-order valence-corrected chi connectivity index (χ4v) is 2.58. The molecular formula is C11H18N2O3S. The summed E-state index contributed by atoms with van der Waals surface area (Å²) in [4.78, 5) is 0.256. The molecule has 0 fully saturated rings. The van der Waals surface area contributed by atoms with Crippen molar-refractivity contribution in [3.63, 3.8) is 0 Å². The number of hydrogen-bond acceptors (Lipinski definition) is 4. The summed E-state index contributed by atoms with van der Waals surface area (Å²) in [7, 11) is -0.265. The highest BCUT2D eigenvalue weighted by Gasteiger charge is 2.19. The van der Waals surface area contributed by atoms with Crippen molar-refractivity contribution < 1.29 is 13.2 Å². The lowest BCUT2D eigenvalue weighted by Crippen LogP contribution is -2.28. The molecule has 0 spiro atoms. The summed E-state index contributed by atoms with van der Waals surface area (Å²) in [5.74, 6) is 0. The van der Waals surface area contributed by atoms with Gasteiger partial charge in [0.05, 0.1) is 4.90 Å². The van der Waals surface area contributed by atoms with Gasteiger partial charge >= 0.3 is 0 Å². The second kappa shape index (κ2) is 6.00. The lowest BCUT2D eigenvalue weighted by molar-refractivity contribution is 0.189. The van der Waals surface area contributed by atoms with Gasteiger partial charge in [0.1, 0.15) is 0 Å². The van der Waals surface area contributed by atoms with E-state index in [1.54, 1.807) is 26.3 Å². The van der Waals surface area contributed by atoms with Crippen LogP contribution >= 0.6 is 0 Å². The minimum atomic E-state index is -3.41. The Balaban J connectivity index is 2.76. The van der Waals surface area contributed by atoms with E-state index in [-0.39, 0.29) is 4.90 Å². The van der Waals surface area contributed by atoms with Crippen LogP contribution in [0.2, 0.25) is 0 Å². The monoisotopic (exact) mass is 258 g/mol. The third-order valence-corrected chi connectivity index (χ3v) is 4.28. The molecule has 1 aromatic rings. The number of anilines is 1. The van der Waals surface area contributed by atoms with Crippen molar-refractivity contribution >= 4 is 15.7 Å². The quantitative estimate of drug-likeness (QED) is 0.608. The van der Waals surface area contributed by atoms with Crippen LogP contribution in [0, 0.1) is 0 Å². The number of nitrogens with two attached hydrogens (primary N) is 1. The van der Waals surface area contributed by atoms with E-state index >= 15 is 0 Å². The van der Waals surface area contributed by atoms with E-state index in [9.17, 15) is 8.42 Å². The first-order chi connectivity index (χ1) is 7.98. The molecular weight excluding hydrogens is 240 g/mol. The Kier molecular flexibility index (Phi) is 4.92. The molecule has 17 heavy (non-hydrogen) atoms. The second-order valence-electron chi connectivity index (χ2n) is 3.74. The van der Waals surface area contributed by atoms with Gasteiger partial charge in [0.2, 0.25) is 10.0 Å². The molecule has 1 rings (SSSR count). The van der Waals surface area contributed by atoms with Crippen molar-refractivity contribution in [3.8, 4) is 0 Å². The van der Waals surface area contributed by atoms with Gasteiger partial charge in [-0.05, 0) is 30.7 Å². The summed E-state index contributed by atoms with van der Waals surface area (Å²) in [5, 5.41) is 0. The molecule has 0 atom stereocenters. The largest absolute Gasteiger partial charge is 0.399 e. The lowest BCUT2D eigenvalue weighted by Gasteiger charge is -2.16. The van der Waals surface area contributed by atoms with Gasteiger partial charge in [-0.15, -0.1) is 0 Å². The topological polar surface area (TPSA) is 72.6 Å². The minimum Gasteiger partial charge on any atom is -0.399 e. The molecule has 0 saturated heterocycles. The van der Waals surface area contributed by atoms with Crippen LogP contribution in [-0.4, -0.2) is 40.0 Å². The molecule has 0 unspecified atom stereocenters. The number of hydrogen-bond donors (Lipinski definition) is 1. The smallest absolute Gasteiger partial charge is 0.242 e. The van der Waals surface area contributed by atoms with Gasteiger partial charge < -0.3 is 10.5 Å². The van der Waals surface area contributed by atoms with Gasteiger partial charge in [0.15, 0.2) is 0 Å². The highest BCUT2D eigenvalue weighted by atomic mass is 32.2. The Hall–Kier alpha value is -1.11. The minimum absolute atomic E-state index is 0.256. The molecule has 0 aliphatic rings.